The molecule has 1 N–H and O–H groups in total. The smallest absolute Gasteiger partial charge is 0.132 e. The fourth-order valence-electron chi connectivity index (χ4n) is 2.93. The van der Waals surface area contributed by atoms with Crippen molar-refractivity contribution in [1.29, 1.82) is 0 Å². The first kappa shape index (κ1) is 11.0. The van der Waals surface area contributed by atoms with Crippen LogP contribution in [0.25, 0.3) is 0 Å². The zero-order valence-electron chi connectivity index (χ0n) is 10.0. The molecule has 1 aliphatic carbocycles. The second-order valence-electron chi connectivity index (χ2n) is 5.17. The van der Waals surface area contributed by atoms with Crippen molar-refractivity contribution >= 4 is 5.82 Å². The Labute approximate surface area is 102 Å². The van der Waals surface area contributed by atoms with E-state index in [2.05, 4.69) is 20.9 Å². The van der Waals surface area contributed by atoms with E-state index in [0.717, 1.165) is 18.8 Å². The summed E-state index contributed by atoms with van der Waals surface area (Å²) in [4.78, 5) is 10.9. The predicted molar refractivity (Wildman–Crippen MR) is 66.1 cm³/mol. The molecule has 2 aliphatic rings. The maximum Gasteiger partial charge on any atom is 0.132 e. The van der Waals surface area contributed by atoms with Gasteiger partial charge < -0.3 is 10.0 Å². The van der Waals surface area contributed by atoms with Crippen LogP contribution in [0.5, 0.6) is 0 Å². The molecule has 1 unspecified atom stereocenters. The van der Waals surface area contributed by atoms with Gasteiger partial charge in [-0.3, -0.25) is 0 Å². The number of aliphatic hydroxyl groups excluding tert-OH is 1. The third-order valence-corrected chi connectivity index (χ3v) is 3.93. The van der Waals surface area contributed by atoms with Crippen molar-refractivity contribution in [3.8, 4) is 0 Å². The summed E-state index contributed by atoms with van der Waals surface area (Å²) in [5, 5.41) is 9.56. The number of hydrogen-bond donors (Lipinski definition) is 1. The lowest BCUT2D eigenvalue weighted by atomic mass is 10.0. The van der Waals surface area contributed by atoms with E-state index in [9.17, 15) is 5.11 Å². The highest BCUT2D eigenvalue weighted by Gasteiger charge is 2.23. The van der Waals surface area contributed by atoms with Crippen molar-refractivity contribution in [2.24, 2.45) is 0 Å². The Hall–Kier alpha value is -1.16. The molecule has 1 saturated carbocycles. The van der Waals surface area contributed by atoms with Gasteiger partial charge in [-0.2, -0.15) is 0 Å². The van der Waals surface area contributed by atoms with E-state index in [1.807, 2.05) is 0 Å². The molecular formula is C13H19N3O. The molecule has 4 nitrogen and oxygen atoms in total. The first-order chi connectivity index (χ1) is 8.33. The molecule has 1 atom stereocenters. The molecule has 1 saturated heterocycles. The van der Waals surface area contributed by atoms with Gasteiger partial charge in [0.1, 0.15) is 12.1 Å². The molecule has 1 aromatic heterocycles. The molecule has 0 bridgehead atoms. The zero-order chi connectivity index (χ0) is 11.7. The Balaban J connectivity index is 1.78. The van der Waals surface area contributed by atoms with Crippen molar-refractivity contribution in [2.75, 3.05) is 18.0 Å². The van der Waals surface area contributed by atoms with Gasteiger partial charge in [0.25, 0.3) is 0 Å². The molecule has 1 aromatic rings. The summed E-state index contributed by atoms with van der Waals surface area (Å²) in [7, 11) is 0. The average Bonchev–Trinajstić information content (AvgIpc) is 3.00. The number of nitrogens with zero attached hydrogens (tertiary/aromatic N) is 3. The van der Waals surface area contributed by atoms with Crippen LogP contribution in [0.15, 0.2) is 12.4 Å². The first-order valence-corrected chi connectivity index (χ1v) is 6.58. The first-order valence-electron chi connectivity index (χ1n) is 6.58. The molecule has 0 spiro atoms. The van der Waals surface area contributed by atoms with Crippen LogP contribution < -0.4 is 4.90 Å². The van der Waals surface area contributed by atoms with Gasteiger partial charge in [0.05, 0.1) is 6.10 Å². The minimum absolute atomic E-state index is 0.195. The third-order valence-electron chi connectivity index (χ3n) is 3.93. The van der Waals surface area contributed by atoms with Crippen molar-refractivity contribution in [2.45, 2.75) is 44.1 Å². The van der Waals surface area contributed by atoms with Gasteiger partial charge in [0.15, 0.2) is 0 Å². The maximum atomic E-state index is 9.56. The van der Waals surface area contributed by atoms with Gasteiger partial charge in [0.2, 0.25) is 0 Å². The average molecular weight is 233 g/mol. The van der Waals surface area contributed by atoms with Crippen LogP contribution in [0.2, 0.25) is 0 Å². The summed E-state index contributed by atoms with van der Waals surface area (Å²) in [5.41, 5.74) is 1.19. The standard InChI is InChI=1S/C13H19N3O/c17-11-5-6-16(8-11)13-7-12(14-9-15-13)10-3-1-2-4-10/h7,9-11,17H,1-6,8H2. The normalized spacial score (nSPS) is 25.7. The zero-order valence-corrected chi connectivity index (χ0v) is 10.0. The molecule has 2 heterocycles. The number of aliphatic hydroxyl groups is 1. The Morgan fingerprint density at radius 2 is 2.00 bits per heavy atom. The van der Waals surface area contributed by atoms with Gasteiger partial charge >= 0.3 is 0 Å². The largest absolute Gasteiger partial charge is 0.391 e. The Morgan fingerprint density at radius 1 is 1.18 bits per heavy atom. The molecule has 2 fully saturated rings. The predicted octanol–water partition coefficient (Wildman–Crippen LogP) is 1.71. The van der Waals surface area contributed by atoms with Crippen LogP contribution in [0.3, 0.4) is 0 Å². The molecular weight excluding hydrogens is 214 g/mol. The van der Waals surface area contributed by atoms with Gasteiger partial charge in [-0.05, 0) is 19.3 Å². The van der Waals surface area contributed by atoms with E-state index >= 15 is 0 Å². The molecule has 4 heteroatoms. The van der Waals surface area contributed by atoms with E-state index in [-0.39, 0.29) is 6.10 Å². The number of aromatic nitrogens is 2. The van der Waals surface area contributed by atoms with Crippen LogP contribution in [-0.4, -0.2) is 34.3 Å². The van der Waals surface area contributed by atoms with Gasteiger partial charge in [-0.25, -0.2) is 9.97 Å². The molecule has 3 rings (SSSR count). The van der Waals surface area contributed by atoms with Crippen LogP contribution >= 0.6 is 0 Å². The third kappa shape index (κ3) is 2.27. The van der Waals surface area contributed by atoms with Crippen LogP contribution in [0.1, 0.15) is 43.7 Å². The van der Waals surface area contributed by atoms with Gasteiger partial charge in [-0.15, -0.1) is 0 Å². The number of hydrogen-bond acceptors (Lipinski definition) is 4. The van der Waals surface area contributed by atoms with Crippen LogP contribution in [-0.2, 0) is 0 Å². The SMILES string of the molecule is OC1CCN(c2cc(C3CCCC3)ncn2)C1. The van der Waals surface area contributed by atoms with Crippen LogP contribution in [0.4, 0.5) is 5.82 Å². The quantitative estimate of drug-likeness (QED) is 0.844. The van der Waals surface area contributed by atoms with Crippen molar-refractivity contribution < 1.29 is 5.11 Å². The number of rotatable bonds is 2. The Bertz CT molecular complexity index is 390. The lowest BCUT2D eigenvalue weighted by Gasteiger charge is -2.18. The second-order valence-corrected chi connectivity index (χ2v) is 5.17. The summed E-state index contributed by atoms with van der Waals surface area (Å²) in [6, 6.07) is 2.12. The van der Waals surface area contributed by atoms with Gasteiger partial charge in [-0.1, -0.05) is 12.8 Å². The molecule has 92 valence electrons. The summed E-state index contributed by atoms with van der Waals surface area (Å²) in [6.45, 7) is 1.61. The van der Waals surface area contributed by atoms with E-state index in [1.165, 1.54) is 31.4 Å². The highest BCUT2D eigenvalue weighted by Crippen LogP contribution is 2.33. The van der Waals surface area contributed by atoms with Crippen molar-refractivity contribution in [1.82, 2.24) is 9.97 Å². The number of β-amino-alcohol motifs (C(OH)–C–C–N with tert-alkyl or cyclic N) is 1. The van der Waals surface area contributed by atoms with E-state index in [4.69, 9.17) is 0 Å². The summed E-state index contributed by atoms with van der Waals surface area (Å²) >= 11 is 0. The fraction of sp³-hybridized carbons (Fsp3) is 0.692. The summed E-state index contributed by atoms with van der Waals surface area (Å²) in [5.74, 6) is 1.61. The monoisotopic (exact) mass is 233 g/mol. The molecule has 17 heavy (non-hydrogen) atoms. The van der Waals surface area contributed by atoms with Crippen molar-refractivity contribution in [3.63, 3.8) is 0 Å². The maximum absolute atomic E-state index is 9.56. The molecule has 1 aliphatic heterocycles. The number of anilines is 1. The fourth-order valence-corrected chi connectivity index (χ4v) is 2.93. The lowest BCUT2D eigenvalue weighted by Crippen LogP contribution is -2.22. The highest BCUT2D eigenvalue weighted by molar-refractivity contribution is 5.41. The topological polar surface area (TPSA) is 49.2 Å². The lowest BCUT2D eigenvalue weighted by molar-refractivity contribution is 0.198. The highest BCUT2D eigenvalue weighted by atomic mass is 16.3. The van der Waals surface area contributed by atoms with E-state index in [1.54, 1.807) is 6.33 Å². The Kier molecular flexibility index (Phi) is 2.97. The minimum Gasteiger partial charge on any atom is -0.391 e. The summed E-state index contributed by atoms with van der Waals surface area (Å²) < 4.78 is 0. The Morgan fingerprint density at radius 3 is 2.71 bits per heavy atom. The summed E-state index contributed by atoms with van der Waals surface area (Å²) in [6.07, 6.45) is 7.51. The molecule has 0 aromatic carbocycles. The van der Waals surface area contributed by atoms with Crippen LogP contribution in [0, 0.1) is 0 Å². The van der Waals surface area contributed by atoms with E-state index < -0.39 is 0 Å². The minimum atomic E-state index is -0.195. The van der Waals surface area contributed by atoms with E-state index in [0.29, 0.717) is 12.5 Å². The second kappa shape index (κ2) is 4.61. The van der Waals surface area contributed by atoms with Gasteiger partial charge in [0, 0.05) is 30.8 Å². The van der Waals surface area contributed by atoms with Crippen molar-refractivity contribution in [3.05, 3.63) is 18.1 Å². The molecule has 0 radical (unpaired) electrons. The molecule has 0 amide bonds.